The molecule has 0 spiro atoms. The lowest BCUT2D eigenvalue weighted by atomic mass is 10.1. The van der Waals surface area contributed by atoms with E-state index in [1.165, 1.54) is 19.2 Å². The molecule has 1 aliphatic rings. The quantitative estimate of drug-likeness (QED) is 0.827. The van der Waals surface area contributed by atoms with Gasteiger partial charge in [-0.1, -0.05) is 6.07 Å². The number of carbonyl (C=O) groups excluding carboxylic acids is 1. The molecule has 0 aliphatic carbocycles. The first-order valence-corrected chi connectivity index (χ1v) is 6.14. The smallest absolute Gasteiger partial charge is 0.256 e. The summed E-state index contributed by atoms with van der Waals surface area (Å²) >= 11 is 0. The second-order valence-corrected chi connectivity index (χ2v) is 4.37. The third-order valence-electron chi connectivity index (χ3n) is 3.15. The van der Waals surface area contributed by atoms with Crippen LogP contribution in [0.3, 0.4) is 0 Å². The number of aliphatic hydroxyl groups excluding tert-OH is 1. The van der Waals surface area contributed by atoms with Crippen LogP contribution in [0.1, 0.15) is 11.7 Å². The first-order valence-electron chi connectivity index (χ1n) is 6.14. The summed E-state index contributed by atoms with van der Waals surface area (Å²) in [6.07, 6.45) is -1.33. The maximum absolute atomic E-state index is 13.5. The zero-order valence-electron chi connectivity index (χ0n) is 10.7. The lowest BCUT2D eigenvalue weighted by Gasteiger charge is -2.29. The molecule has 19 heavy (non-hydrogen) atoms. The highest BCUT2D eigenvalue weighted by Crippen LogP contribution is 2.23. The van der Waals surface area contributed by atoms with Gasteiger partial charge in [0.2, 0.25) is 0 Å². The minimum Gasteiger partial charge on any atom is -0.494 e. The van der Waals surface area contributed by atoms with Crippen LogP contribution < -0.4 is 10.1 Å². The number of carbonyl (C=O) groups is 1. The Balaban J connectivity index is 2.11. The van der Waals surface area contributed by atoms with Crippen LogP contribution in [-0.4, -0.2) is 49.2 Å². The van der Waals surface area contributed by atoms with Crippen LogP contribution >= 0.6 is 0 Å². The molecule has 1 atom stereocenters. The lowest BCUT2D eigenvalue weighted by molar-refractivity contribution is -0.141. The number of ether oxygens (including phenoxy) is 1. The Morgan fingerprint density at radius 1 is 1.47 bits per heavy atom. The van der Waals surface area contributed by atoms with Crippen LogP contribution in [0.25, 0.3) is 0 Å². The first kappa shape index (κ1) is 13.8. The van der Waals surface area contributed by atoms with Gasteiger partial charge in [0.15, 0.2) is 17.7 Å². The number of hydrogen-bond donors (Lipinski definition) is 2. The van der Waals surface area contributed by atoms with Gasteiger partial charge in [-0.15, -0.1) is 0 Å². The fourth-order valence-corrected chi connectivity index (χ4v) is 2.05. The molecule has 2 rings (SSSR count). The summed E-state index contributed by atoms with van der Waals surface area (Å²) in [5.74, 6) is -0.899. The van der Waals surface area contributed by atoms with E-state index in [4.69, 9.17) is 4.74 Å². The molecular weight excluding hydrogens is 251 g/mol. The molecule has 1 unspecified atom stereocenters. The normalized spacial score (nSPS) is 17.1. The molecule has 1 saturated heterocycles. The molecule has 1 aromatic carbocycles. The lowest BCUT2D eigenvalue weighted by Crippen LogP contribution is -2.48. The number of piperazine rings is 1. The van der Waals surface area contributed by atoms with Crippen molar-refractivity contribution in [3.05, 3.63) is 29.6 Å². The van der Waals surface area contributed by atoms with Gasteiger partial charge in [-0.2, -0.15) is 0 Å². The van der Waals surface area contributed by atoms with Crippen molar-refractivity contribution in [1.82, 2.24) is 10.2 Å². The van der Waals surface area contributed by atoms with E-state index in [1.807, 2.05) is 0 Å². The Morgan fingerprint density at radius 3 is 2.74 bits per heavy atom. The van der Waals surface area contributed by atoms with E-state index in [0.29, 0.717) is 26.2 Å². The predicted molar refractivity (Wildman–Crippen MR) is 67.4 cm³/mol. The monoisotopic (exact) mass is 268 g/mol. The van der Waals surface area contributed by atoms with Crippen molar-refractivity contribution >= 4 is 5.91 Å². The SMILES string of the molecule is COc1ccc(C(O)C(=O)N2CCNCC2)cc1F. The minimum absolute atomic E-state index is 0.0885. The fourth-order valence-electron chi connectivity index (χ4n) is 2.05. The number of hydrogen-bond acceptors (Lipinski definition) is 4. The summed E-state index contributed by atoms with van der Waals surface area (Å²) in [6, 6.07) is 4.02. The summed E-state index contributed by atoms with van der Waals surface area (Å²) < 4.78 is 18.3. The summed E-state index contributed by atoms with van der Waals surface area (Å²) in [5.41, 5.74) is 0.238. The molecule has 6 heteroatoms. The van der Waals surface area contributed by atoms with E-state index in [2.05, 4.69) is 5.32 Å². The van der Waals surface area contributed by atoms with Gasteiger partial charge in [-0.25, -0.2) is 4.39 Å². The molecular formula is C13H17FN2O3. The average Bonchev–Trinajstić information content (AvgIpc) is 2.46. The van der Waals surface area contributed by atoms with Crippen LogP contribution in [0.15, 0.2) is 18.2 Å². The van der Waals surface area contributed by atoms with Crippen molar-refractivity contribution in [3.63, 3.8) is 0 Å². The Hall–Kier alpha value is -1.66. The standard InChI is InChI=1S/C13H17FN2O3/c1-19-11-3-2-9(8-10(11)14)12(17)13(18)16-6-4-15-5-7-16/h2-3,8,12,15,17H,4-7H2,1H3. The molecule has 1 amide bonds. The van der Waals surface area contributed by atoms with E-state index in [-0.39, 0.29) is 11.3 Å². The molecule has 104 valence electrons. The molecule has 1 fully saturated rings. The van der Waals surface area contributed by atoms with Crippen LogP contribution in [0, 0.1) is 5.82 Å². The number of halogens is 1. The van der Waals surface area contributed by atoms with E-state index in [1.54, 1.807) is 4.90 Å². The van der Waals surface area contributed by atoms with Gasteiger partial charge in [0.1, 0.15) is 0 Å². The van der Waals surface area contributed by atoms with Crippen molar-refractivity contribution < 1.29 is 19.0 Å². The Kier molecular flexibility index (Phi) is 4.34. The third-order valence-corrected chi connectivity index (χ3v) is 3.15. The Bertz CT molecular complexity index is 461. The second-order valence-electron chi connectivity index (χ2n) is 4.37. The largest absolute Gasteiger partial charge is 0.494 e. The van der Waals surface area contributed by atoms with E-state index < -0.39 is 17.8 Å². The average molecular weight is 268 g/mol. The number of nitrogens with one attached hydrogen (secondary N) is 1. The Morgan fingerprint density at radius 2 is 2.16 bits per heavy atom. The summed E-state index contributed by atoms with van der Waals surface area (Å²) in [5, 5.41) is 13.1. The van der Waals surface area contributed by atoms with Crippen molar-refractivity contribution in [2.45, 2.75) is 6.10 Å². The molecule has 1 heterocycles. The van der Waals surface area contributed by atoms with Crippen molar-refractivity contribution in [1.29, 1.82) is 0 Å². The highest BCUT2D eigenvalue weighted by Gasteiger charge is 2.25. The number of methoxy groups -OCH3 is 1. The number of benzene rings is 1. The zero-order chi connectivity index (χ0) is 13.8. The molecule has 1 aromatic rings. The highest BCUT2D eigenvalue weighted by atomic mass is 19.1. The molecule has 0 aromatic heterocycles. The molecule has 0 bridgehead atoms. The van der Waals surface area contributed by atoms with Gasteiger partial charge >= 0.3 is 0 Å². The maximum atomic E-state index is 13.5. The summed E-state index contributed by atoms with van der Waals surface area (Å²) in [6.45, 7) is 2.51. The van der Waals surface area contributed by atoms with Crippen LogP contribution in [0.2, 0.25) is 0 Å². The summed E-state index contributed by atoms with van der Waals surface area (Å²) in [7, 11) is 1.36. The fraction of sp³-hybridized carbons (Fsp3) is 0.462. The first-order chi connectivity index (χ1) is 9.13. The molecule has 5 nitrogen and oxygen atoms in total. The van der Waals surface area contributed by atoms with Gasteiger partial charge in [0.05, 0.1) is 7.11 Å². The Labute approximate surface area is 111 Å². The number of nitrogens with zero attached hydrogens (tertiary/aromatic N) is 1. The van der Waals surface area contributed by atoms with E-state index >= 15 is 0 Å². The molecule has 0 radical (unpaired) electrons. The van der Waals surface area contributed by atoms with E-state index in [0.717, 1.165) is 6.07 Å². The van der Waals surface area contributed by atoms with Crippen LogP contribution in [-0.2, 0) is 4.79 Å². The second kappa shape index (κ2) is 5.99. The highest BCUT2D eigenvalue weighted by molar-refractivity contribution is 5.82. The molecule has 1 aliphatic heterocycles. The van der Waals surface area contributed by atoms with Crippen molar-refractivity contribution in [2.75, 3.05) is 33.3 Å². The van der Waals surface area contributed by atoms with Crippen molar-refractivity contribution in [3.8, 4) is 5.75 Å². The number of aliphatic hydroxyl groups is 1. The zero-order valence-corrected chi connectivity index (χ0v) is 10.7. The molecule has 0 saturated carbocycles. The number of amides is 1. The van der Waals surface area contributed by atoms with Crippen molar-refractivity contribution in [2.24, 2.45) is 0 Å². The van der Waals surface area contributed by atoms with Gasteiger partial charge < -0.3 is 20.1 Å². The van der Waals surface area contributed by atoms with Gasteiger partial charge in [-0.05, 0) is 17.7 Å². The number of rotatable bonds is 3. The predicted octanol–water partition coefficient (Wildman–Crippen LogP) is 0.299. The topological polar surface area (TPSA) is 61.8 Å². The maximum Gasteiger partial charge on any atom is 0.256 e. The minimum atomic E-state index is -1.33. The third kappa shape index (κ3) is 3.02. The van der Waals surface area contributed by atoms with Gasteiger partial charge in [0, 0.05) is 26.2 Å². The van der Waals surface area contributed by atoms with Crippen LogP contribution in [0.4, 0.5) is 4.39 Å². The van der Waals surface area contributed by atoms with Crippen LogP contribution in [0.5, 0.6) is 5.75 Å². The van der Waals surface area contributed by atoms with Gasteiger partial charge in [0.25, 0.3) is 5.91 Å². The molecule has 2 N–H and O–H groups in total. The van der Waals surface area contributed by atoms with E-state index in [9.17, 15) is 14.3 Å². The summed E-state index contributed by atoms with van der Waals surface area (Å²) in [4.78, 5) is 13.6. The van der Waals surface area contributed by atoms with Gasteiger partial charge in [-0.3, -0.25) is 4.79 Å².